The van der Waals surface area contributed by atoms with Crippen LogP contribution in [-0.4, -0.2) is 10.2 Å². The predicted octanol–water partition coefficient (Wildman–Crippen LogP) is 4.22. The largest absolute Gasteiger partial charge is 0.507 e. The van der Waals surface area contributed by atoms with Crippen LogP contribution in [0.15, 0.2) is 40.9 Å². The van der Waals surface area contributed by atoms with Crippen LogP contribution in [0.2, 0.25) is 0 Å². The van der Waals surface area contributed by atoms with Gasteiger partial charge in [-0.3, -0.25) is 0 Å². The molecular formula is C14H13BrO3. The summed E-state index contributed by atoms with van der Waals surface area (Å²) < 4.78 is 6.11. The Kier molecular flexibility index (Phi) is 3.77. The molecule has 0 saturated heterocycles. The molecule has 0 bridgehead atoms. The highest BCUT2D eigenvalue weighted by Gasteiger charge is 2.06. The maximum Gasteiger partial charge on any atom is 0.169 e. The molecule has 18 heavy (non-hydrogen) atoms. The number of aryl methyl sites for hydroxylation is 1. The van der Waals surface area contributed by atoms with Gasteiger partial charge in [0.1, 0.15) is 11.5 Å². The zero-order valence-corrected chi connectivity index (χ0v) is 11.4. The van der Waals surface area contributed by atoms with Crippen molar-refractivity contribution in [3.63, 3.8) is 0 Å². The minimum absolute atomic E-state index is 0.0942. The molecule has 3 nitrogen and oxygen atoms in total. The molecule has 0 aliphatic heterocycles. The second-order valence-electron chi connectivity index (χ2n) is 3.87. The normalized spacial score (nSPS) is 10.3. The zero-order valence-electron chi connectivity index (χ0n) is 9.85. The zero-order chi connectivity index (χ0) is 13.1. The van der Waals surface area contributed by atoms with Gasteiger partial charge in [-0.1, -0.05) is 13.0 Å². The smallest absolute Gasteiger partial charge is 0.169 e. The van der Waals surface area contributed by atoms with Crippen molar-refractivity contribution in [1.29, 1.82) is 0 Å². The molecule has 0 atom stereocenters. The molecule has 0 aliphatic rings. The highest BCUT2D eigenvalue weighted by atomic mass is 79.9. The summed E-state index contributed by atoms with van der Waals surface area (Å²) in [7, 11) is 0. The van der Waals surface area contributed by atoms with E-state index in [1.54, 1.807) is 24.3 Å². The number of aromatic hydroxyl groups is 2. The Morgan fingerprint density at radius 3 is 2.44 bits per heavy atom. The Balaban J connectivity index is 2.25. The number of rotatable bonds is 3. The summed E-state index contributed by atoms with van der Waals surface area (Å²) >= 11 is 3.19. The third-order valence-electron chi connectivity index (χ3n) is 2.58. The van der Waals surface area contributed by atoms with Crippen LogP contribution in [0.4, 0.5) is 0 Å². The van der Waals surface area contributed by atoms with Gasteiger partial charge in [-0.05, 0) is 52.2 Å². The molecule has 0 radical (unpaired) electrons. The first kappa shape index (κ1) is 12.8. The minimum Gasteiger partial charge on any atom is -0.507 e. The van der Waals surface area contributed by atoms with E-state index < -0.39 is 0 Å². The van der Waals surface area contributed by atoms with Crippen LogP contribution in [0, 0.1) is 0 Å². The average molecular weight is 309 g/mol. The third kappa shape index (κ3) is 2.76. The van der Waals surface area contributed by atoms with Crippen molar-refractivity contribution in [3.8, 4) is 23.0 Å². The molecule has 0 heterocycles. The first-order valence-electron chi connectivity index (χ1n) is 5.58. The topological polar surface area (TPSA) is 49.7 Å². The van der Waals surface area contributed by atoms with E-state index in [0.29, 0.717) is 16.0 Å². The Bertz CT molecular complexity index is 567. The van der Waals surface area contributed by atoms with E-state index in [9.17, 15) is 10.2 Å². The Morgan fingerprint density at radius 2 is 1.83 bits per heavy atom. The summed E-state index contributed by atoms with van der Waals surface area (Å²) in [5.74, 6) is 1.03. The fourth-order valence-electron chi connectivity index (χ4n) is 1.55. The van der Waals surface area contributed by atoms with E-state index in [1.807, 2.05) is 13.0 Å². The molecule has 0 aliphatic carbocycles. The Hall–Kier alpha value is -1.68. The molecule has 0 fully saturated rings. The van der Waals surface area contributed by atoms with Gasteiger partial charge in [0, 0.05) is 6.07 Å². The number of phenolic OH excluding ortho intramolecular Hbond substituents is 2. The van der Waals surface area contributed by atoms with E-state index in [2.05, 4.69) is 15.9 Å². The lowest BCUT2D eigenvalue weighted by Crippen LogP contribution is -1.87. The number of phenols is 2. The van der Waals surface area contributed by atoms with Crippen molar-refractivity contribution in [3.05, 3.63) is 46.4 Å². The fourth-order valence-corrected chi connectivity index (χ4v) is 1.80. The number of hydrogen-bond acceptors (Lipinski definition) is 3. The molecule has 4 heteroatoms. The summed E-state index contributed by atoms with van der Waals surface area (Å²) in [6, 6.07) is 10.2. The first-order valence-corrected chi connectivity index (χ1v) is 6.37. The van der Waals surface area contributed by atoms with Crippen molar-refractivity contribution >= 4 is 15.9 Å². The molecular weight excluding hydrogens is 296 g/mol. The van der Waals surface area contributed by atoms with Crippen LogP contribution >= 0.6 is 15.9 Å². The molecule has 2 aromatic carbocycles. The van der Waals surface area contributed by atoms with Crippen LogP contribution < -0.4 is 4.74 Å². The SMILES string of the molecule is CCc1ccc(Oc2ccc(Br)c(O)c2)c(O)c1. The maximum absolute atomic E-state index is 9.81. The Labute approximate surface area is 114 Å². The van der Waals surface area contributed by atoms with Crippen molar-refractivity contribution in [2.24, 2.45) is 0 Å². The fraction of sp³-hybridized carbons (Fsp3) is 0.143. The van der Waals surface area contributed by atoms with Crippen molar-refractivity contribution in [1.82, 2.24) is 0 Å². The van der Waals surface area contributed by atoms with Crippen molar-refractivity contribution in [2.45, 2.75) is 13.3 Å². The van der Waals surface area contributed by atoms with Crippen molar-refractivity contribution < 1.29 is 14.9 Å². The summed E-state index contributed by atoms with van der Waals surface area (Å²) in [5.41, 5.74) is 1.04. The van der Waals surface area contributed by atoms with E-state index >= 15 is 0 Å². The predicted molar refractivity (Wildman–Crippen MR) is 73.4 cm³/mol. The Morgan fingerprint density at radius 1 is 1.06 bits per heavy atom. The molecule has 0 amide bonds. The second kappa shape index (κ2) is 5.31. The van der Waals surface area contributed by atoms with E-state index in [-0.39, 0.29) is 11.5 Å². The van der Waals surface area contributed by atoms with Crippen LogP contribution in [0.3, 0.4) is 0 Å². The molecule has 94 valence electrons. The molecule has 2 rings (SSSR count). The number of halogens is 1. The molecule has 2 N–H and O–H groups in total. The van der Waals surface area contributed by atoms with Gasteiger partial charge in [-0.15, -0.1) is 0 Å². The van der Waals surface area contributed by atoms with Gasteiger partial charge in [0.25, 0.3) is 0 Å². The third-order valence-corrected chi connectivity index (χ3v) is 3.25. The lowest BCUT2D eigenvalue weighted by atomic mass is 10.1. The van der Waals surface area contributed by atoms with E-state index in [1.165, 1.54) is 6.07 Å². The van der Waals surface area contributed by atoms with E-state index in [0.717, 1.165) is 12.0 Å². The van der Waals surface area contributed by atoms with Gasteiger partial charge >= 0.3 is 0 Å². The van der Waals surface area contributed by atoms with Gasteiger partial charge < -0.3 is 14.9 Å². The van der Waals surface area contributed by atoms with Gasteiger partial charge in [0.2, 0.25) is 0 Å². The van der Waals surface area contributed by atoms with Crippen LogP contribution in [0.25, 0.3) is 0 Å². The second-order valence-corrected chi connectivity index (χ2v) is 4.73. The average Bonchev–Trinajstić information content (AvgIpc) is 2.36. The maximum atomic E-state index is 9.81. The standard InChI is InChI=1S/C14H13BrO3/c1-2-9-3-6-14(13(17)7-9)18-10-4-5-11(15)12(16)8-10/h3-8,16-17H,2H2,1H3. The summed E-state index contributed by atoms with van der Waals surface area (Å²) in [4.78, 5) is 0. The van der Waals surface area contributed by atoms with Gasteiger partial charge in [0.05, 0.1) is 4.47 Å². The summed E-state index contributed by atoms with van der Waals surface area (Å²) in [6.07, 6.45) is 0.854. The molecule has 0 unspecified atom stereocenters. The van der Waals surface area contributed by atoms with E-state index in [4.69, 9.17) is 4.74 Å². The lowest BCUT2D eigenvalue weighted by Gasteiger charge is -2.09. The number of hydrogen-bond donors (Lipinski definition) is 2. The minimum atomic E-state index is 0.0942. The molecule has 0 saturated carbocycles. The monoisotopic (exact) mass is 308 g/mol. The van der Waals surface area contributed by atoms with Crippen molar-refractivity contribution in [2.75, 3.05) is 0 Å². The molecule has 0 aromatic heterocycles. The first-order chi connectivity index (χ1) is 8.60. The van der Waals surface area contributed by atoms with Gasteiger partial charge in [-0.2, -0.15) is 0 Å². The van der Waals surface area contributed by atoms with Gasteiger partial charge in [0.15, 0.2) is 11.5 Å². The quantitative estimate of drug-likeness (QED) is 0.892. The molecule has 0 spiro atoms. The molecule has 2 aromatic rings. The number of ether oxygens (including phenoxy) is 1. The lowest BCUT2D eigenvalue weighted by molar-refractivity contribution is 0.407. The highest BCUT2D eigenvalue weighted by Crippen LogP contribution is 2.34. The highest BCUT2D eigenvalue weighted by molar-refractivity contribution is 9.10. The van der Waals surface area contributed by atoms with Crippen LogP contribution in [-0.2, 0) is 6.42 Å². The van der Waals surface area contributed by atoms with Crippen LogP contribution in [0.1, 0.15) is 12.5 Å². The van der Waals surface area contributed by atoms with Crippen LogP contribution in [0.5, 0.6) is 23.0 Å². The summed E-state index contributed by atoms with van der Waals surface area (Å²) in [6.45, 7) is 2.02. The van der Waals surface area contributed by atoms with Gasteiger partial charge in [-0.25, -0.2) is 0 Å². The summed E-state index contributed by atoms with van der Waals surface area (Å²) in [5, 5.41) is 19.4. The number of benzene rings is 2.